The van der Waals surface area contributed by atoms with Gasteiger partial charge in [-0.25, -0.2) is 0 Å². The summed E-state index contributed by atoms with van der Waals surface area (Å²) < 4.78 is 343. The largest absolute Gasteiger partial charge is 0.416 e. The van der Waals surface area contributed by atoms with Crippen LogP contribution >= 0.6 is 0 Å². The van der Waals surface area contributed by atoms with Crippen LogP contribution < -0.4 is 26.4 Å². The fraction of sp³-hybridized carbons (Fsp3) is 0.192. The Hall–Kier alpha value is -7.48. The molecule has 0 aliphatic rings. The minimum absolute atomic E-state index is 0.117. The molecule has 7 aromatic rings. The number of fused-ring (bicyclic) bond motifs is 1. The van der Waals surface area contributed by atoms with E-state index < -0.39 is 195 Å². The minimum Gasteiger partial charge on any atom is -0.287 e. The van der Waals surface area contributed by atoms with Gasteiger partial charge in [0.05, 0.1) is 49.9 Å². The maximum Gasteiger partial charge on any atom is 0.416 e. The zero-order chi connectivity index (χ0) is 59.3. The summed E-state index contributed by atoms with van der Waals surface area (Å²) >= 11 is 0. The van der Waals surface area contributed by atoms with Crippen LogP contribution in [0.4, 0.5) is 105 Å². The van der Waals surface area contributed by atoms with E-state index in [2.05, 4.69) is 24.3 Å². The first kappa shape index (κ1) is 60.7. The highest BCUT2D eigenvalue weighted by atomic mass is 19.4. The summed E-state index contributed by atoms with van der Waals surface area (Å²) in [5.41, 5.74) is -28.4. The van der Waals surface area contributed by atoms with Crippen molar-refractivity contribution in [2.45, 2.75) is 62.9 Å². The Balaban J connectivity index is 0.000000378. The average Bonchev–Trinajstić information content (AvgIpc) is 3.47. The number of benzene rings is 6. The van der Waals surface area contributed by atoms with Gasteiger partial charge in [-0.05, 0) is 42.6 Å². The lowest BCUT2D eigenvalue weighted by Crippen LogP contribution is -2.75. The van der Waals surface area contributed by atoms with Gasteiger partial charge in [-0.3, -0.25) is 4.79 Å². The van der Waals surface area contributed by atoms with Crippen molar-refractivity contribution in [1.29, 1.82) is 0 Å². The van der Waals surface area contributed by atoms with Gasteiger partial charge in [-0.15, -0.1) is 0 Å². The number of carbonyl (C=O) groups is 1. The lowest BCUT2D eigenvalue weighted by atomic mass is 9.12. The third kappa shape index (κ3) is 13.7. The summed E-state index contributed by atoms with van der Waals surface area (Å²) in [5.74, 6) is 0.117. The van der Waals surface area contributed by atoms with Crippen molar-refractivity contribution in [2.75, 3.05) is 0 Å². The van der Waals surface area contributed by atoms with Gasteiger partial charge >= 0.3 is 49.4 Å². The average molecular weight is 1150 g/mol. The van der Waals surface area contributed by atoms with Gasteiger partial charge in [0, 0.05) is 17.7 Å². The Kier molecular flexibility index (Phi) is 16.4. The third-order valence-corrected chi connectivity index (χ3v) is 12.2. The van der Waals surface area contributed by atoms with Gasteiger partial charge in [0.1, 0.15) is 6.15 Å². The number of rotatable bonds is 8. The van der Waals surface area contributed by atoms with E-state index >= 15 is 0 Å². The van der Waals surface area contributed by atoms with Crippen molar-refractivity contribution in [2.24, 2.45) is 0 Å². The van der Waals surface area contributed by atoms with E-state index in [-0.39, 0.29) is 5.78 Å². The standard InChI is InChI=1S/C32H12BF24.C20H18NO/c34-25(35,36)13-1-14(26(37,38)39)6-21(5-13)33(22-7-15(27(40,41)42)2-16(8-22)28(43,44)45,23-9-17(29(46,47)48)3-18(10-23)30(49,50)51)24-11-19(31(52,53)54)4-20(12-24)32(55,56)57;1-2-8-19-18-12-7-6-9-16(18)13-14-21(19)15-20(22)17-10-4-3-5-11-17/h1-12H;2-14H,15H2,1H3/q-1;+1. The van der Waals surface area contributed by atoms with Crippen LogP contribution in [-0.4, -0.2) is 11.9 Å². The van der Waals surface area contributed by atoms with Crippen molar-refractivity contribution in [3.05, 3.63) is 201 Å². The highest BCUT2D eigenvalue weighted by Crippen LogP contribution is 2.41. The zero-order valence-corrected chi connectivity index (χ0v) is 39.1. The van der Waals surface area contributed by atoms with Crippen LogP contribution in [0.2, 0.25) is 0 Å². The van der Waals surface area contributed by atoms with Gasteiger partial charge in [0.2, 0.25) is 18.0 Å². The van der Waals surface area contributed by atoms with Gasteiger partial charge in [0.15, 0.2) is 6.20 Å². The molecule has 0 amide bonds. The Labute approximate surface area is 429 Å². The lowest BCUT2D eigenvalue weighted by molar-refractivity contribution is -0.683. The van der Waals surface area contributed by atoms with Gasteiger partial charge in [-0.2, -0.15) is 132 Å². The Morgan fingerprint density at radius 1 is 0.392 bits per heavy atom. The molecular formula is C52H30BF24NO. The highest BCUT2D eigenvalue weighted by Gasteiger charge is 2.47. The minimum atomic E-state index is -6.13. The molecule has 7 rings (SSSR count). The molecule has 0 aliphatic carbocycles. The van der Waals surface area contributed by atoms with Crippen molar-refractivity contribution in [3.63, 3.8) is 0 Å². The molecule has 0 aliphatic heterocycles. The number of ketones is 1. The Morgan fingerprint density at radius 3 is 0.949 bits per heavy atom. The van der Waals surface area contributed by atoms with Crippen LogP contribution in [0.1, 0.15) is 67.5 Å². The van der Waals surface area contributed by atoms with Crippen LogP contribution in [0.25, 0.3) is 16.8 Å². The van der Waals surface area contributed by atoms with Crippen LogP contribution in [0, 0.1) is 0 Å². The maximum atomic E-state index is 14.2. The maximum absolute atomic E-state index is 14.2. The molecular weight excluding hydrogens is 1120 g/mol. The molecule has 79 heavy (non-hydrogen) atoms. The first-order valence-electron chi connectivity index (χ1n) is 22.0. The van der Waals surface area contributed by atoms with Crippen LogP contribution in [-0.2, 0) is 56.0 Å². The number of hydrogen-bond acceptors (Lipinski definition) is 1. The van der Waals surface area contributed by atoms with E-state index in [0.717, 1.165) is 16.6 Å². The first-order chi connectivity index (χ1) is 36.1. The summed E-state index contributed by atoms with van der Waals surface area (Å²) in [6, 6.07) is 10.9. The number of aromatic nitrogens is 1. The third-order valence-electron chi connectivity index (χ3n) is 12.2. The van der Waals surface area contributed by atoms with E-state index in [1.807, 2.05) is 66.2 Å². The van der Waals surface area contributed by atoms with E-state index in [1.165, 1.54) is 5.39 Å². The number of halogens is 24. The molecule has 0 spiro atoms. The van der Waals surface area contributed by atoms with E-state index in [9.17, 15) is 110 Å². The number of alkyl halides is 24. The summed E-state index contributed by atoms with van der Waals surface area (Å²) in [6.45, 7) is 2.33. The van der Waals surface area contributed by atoms with E-state index in [4.69, 9.17) is 0 Å². The Morgan fingerprint density at radius 2 is 0.671 bits per heavy atom. The monoisotopic (exact) mass is 1150 g/mol. The first-order valence-corrected chi connectivity index (χ1v) is 22.0. The summed E-state index contributed by atoms with van der Waals surface area (Å²) in [6.07, 6.45) is -48.8. The zero-order valence-electron chi connectivity index (χ0n) is 39.1. The fourth-order valence-corrected chi connectivity index (χ4v) is 8.70. The number of carbonyl (C=O) groups excluding carboxylic acids is 1. The number of pyridine rings is 1. The summed E-state index contributed by atoms with van der Waals surface area (Å²) in [7, 11) is 0. The fourth-order valence-electron chi connectivity index (χ4n) is 8.70. The molecule has 0 N–H and O–H groups in total. The predicted molar refractivity (Wildman–Crippen MR) is 240 cm³/mol. The van der Waals surface area contributed by atoms with Crippen molar-refractivity contribution < 1.29 is 115 Å². The van der Waals surface area contributed by atoms with Crippen LogP contribution in [0.3, 0.4) is 0 Å². The number of nitrogens with zero attached hydrogens (tertiary/aromatic N) is 1. The highest BCUT2D eigenvalue weighted by molar-refractivity contribution is 7.20. The molecule has 0 saturated carbocycles. The number of allylic oxidation sites excluding steroid dienone is 1. The molecule has 2 nitrogen and oxygen atoms in total. The van der Waals surface area contributed by atoms with Crippen molar-refractivity contribution >= 4 is 50.6 Å². The molecule has 0 saturated heterocycles. The second-order valence-corrected chi connectivity index (χ2v) is 17.4. The molecule has 1 aromatic heterocycles. The molecule has 0 fully saturated rings. The summed E-state index contributed by atoms with van der Waals surface area (Å²) in [5, 5.41) is 2.34. The molecule has 0 atom stereocenters. The Bertz CT molecular complexity index is 2960. The molecule has 0 bridgehead atoms. The van der Waals surface area contributed by atoms with Gasteiger partial charge < -0.3 is 0 Å². The molecule has 6 aromatic carbocycles. The van der Waals surface area contributed by atoms with E-state index in [0.29, 0.717) is 6.54 Å². The van der Waals surface area contributed by atoms with Crippen LogP contribution in [0.15, 0.2) is 146 Å². The van der Waals surface area contributed by atoms with Gasteiger partial charge in [0.25, 0.3) is 0 Å². The molecule has 27 heteroatoms. The number of hydrogen-bond donors (Lipinski definition) is 0. The molecule has 1 heterocycles. The van der Waals surface area contributed by atoms with Crippen molar-refractivity contribution in [3.8, 4) is 0 Å². The summed E-state index contributed by atoms with van der Waals surface area (Å²) in [4.78, 5) is 12.5. The predicted octanol–water partition coefficient (Wildman–Crippen LogP) is 15.3. The smallest absolute Gasteiger partial charge is 0.287 e. The molecule has 0 radical (unpaired) electrons. The SMILES string of the molecule is CC=Cc1c2ccccc2cc[n+]1CC(=O)c1ccccc1.FC(F)(F)c1cc([B-](c2cc(C(F)(F)F)cc(C(F)(F)F)c2)(c2cc(C(F)(F)F)cc(C(F)(F)F)c2)c2cc(C(F)(F)F)cc(C(F)(F)F)c2)cc(C(F)(F)F)c1. The van der Waals surface area contributed by atoms with Crippen LogP contribution in [0.5, 0.6) is 0 Å². The molecule has 420 valence electrons. The van der Waals surface area contributed by atoms with E-state index in [1.54, 1.807) is 0 Å². The quantitative estimate of drug-likeness (QED) is 0.0643. The second-order valence-electron chi connectivity index (χ2n) is 17.4. The van der Waals surface area contributed by atoms with Crippen molar-refractivity contribution in [1.82, 2.24) is 0 Å². The topological polar surface area (TPSA) is 20.9 Å². The normalized spacial score (nSPS) is 13.4. The van der Waals surface area contributed by atoms with Gasteiger partial charge in [-0.1, -0.05) is 103 Å². The second kappa shape index (κ2) is 21.3. The lowest BCUT2D eigenvalue weighted by Gasteiger charge is -2.46. The number of Topliss-reactive ketones (excluding diaryl/α,β-unsaturated/α-hetero) is 1. The molecule has 0 unspecified atom stereocenters.